The zero-order chi connectivity index (χ0) is 12.9. The summed E-state index contributed by atoms with van der Waals surface area (Å²) in [6, 6.07) is 2.05. The van der Waals surface area contributed by atoms with Crippen molar-refractivity contribution in [3.63, 3.8) is 0 Å². The summed E-state index contributed by atoms with van der Waals surface area (Å²) >= 11 is 3.56. The van der Waals surface area contributed by atoms with Crippen LogP contribution >= 0.6 is 15.9 Å². The van der Waals surface area contributed by atoms with Gasteiger partial charge in [0.2, 0.25) is 0 Å². The first-order valence-corrected chi connectivity index (χ1v) is 6.84. The quantitative estimate of drug-likeness (QED) is 0.878. The van der Waals surface area contributed by atoms with Crippen molar-refractivity contribution in [3.05, 3.63) is 22.9 Å². The average molecular weight is 300 g/mol. The van der Waals surface area contributed by atoms with Crippen LogP contribution in [0.1, 0.15) is 27.2 Å². The van der Waals surface area contributed by atoms with E-state index in [1.807, 2.05) is 18.5 Å². The number of anilines is 1. The predicted octanol–water partition coefficient (Wildman–Crippen LogP) is 3.05. The maximum atomic E-state index is 5.82. The van der Waals surface area contributed by atoms with E-state index >= 15 is 0 Å². The van der Waals surface area contributed by atoms with Crippen LogP contribution in [-0.2, 0) is 0 Å². The molecule has 0 fully saturated rings. The van der Waals surface area contributed by atoms with Gasteiger partial charge in [0, 0.05) is 25.5 Å². The molecule has 1 rings (SSSR count). The Morgan fingerprint density at radius 1 is 1.47 bits per heavy atom. The van der Waals surface area contributed by atoms with Gasteiger partial charge in [-0.1, -0.05) is 20.8 Å². The average Bonchev–Trinajstić information content (AvgIpc) is 2.29. The van der Waals surface area contributed by atoms with Crippen molar-refractivity contribution in [2.24, 2.45) is 11.1 Å². The molecule has 0 bridgehead atoms. The minimum atomic E-state index is 0.123. The van der Waals surface area contributed by atoms with Crippen LogP contribution in [0.2, 0.25) is 0 Å². The van der Waals surface area contributed by atoms with Gasteiger partial charge in [-0.3, -0.25) is 4.98 Å². The van der Waals surface area contributed by atoms with Crippen molar-refractivity contribution >= 4 is 21.6 Å². The van der Waals surface area contributed by atoms with E-state index in [0.29, 0.717) is 6.54 Å². The molecule has 17 heavy (non-hydrogen) atoms. The van der Waals surface area contributed by atoms with Crippen molar-refractivity contribution in [1.29, 1.82) is 0 Å². The predicted molar refractivity (Wildman–Crippen MR) is 77.3 cm³/mol. The Hall–Kier alpha value is -0.610. The fourth-order valence-electron chi connectivity index (χ4n) is 1.76. The summed E-state index contributed by atoms with van der Waals surface area (Å²) in [5.41, 5.74) is 7.14. The van der Waals surface area contributed by atoms with Gasteiger partial charge in [-0.15, -0.1) is 0 Å². The third-order valence-corrected chi connectivity index (χ3v) is 3.37. The first-order valence-electron chi connectivity index (χ1n) is 6.04. The molecular formula is C13H22BrN3. The normalized spacial score (nSPS) is 11.6. The zero-order valence-corrected chi connectivity index (χ0v) is 12.5. The highest BCUT2D eigenvalue weighted by Gasteiger charge is 2.21. The molecule has 0 aromatic carbocycles. The molecule has 2 N–H and O–H groups in total. The summed E-state index contributed by atoms with van der Waals surface area (Å²) in [5.74, 6) is 0. The number of nitrogens with two attached hydrogens (primary N) is 1. The molecule has 0 spiro atoms. The number of pyridine rings is 1. The van der Waals surface area contributed by atoms with E-state index in [-0.39, 0.29) is 5.41 Å². The monoisotopic (exact) mass is 299 g/mol. The van der Waals surface area contributed by atoms with Gasteiger partial charge in [-0.25, -0.2) is 0 Å². The largest absolute Gasteiger partial charge is 0.370 e. The topological polar surface area (TPSA) is 42.1 Å². The first-order chi connectivity index (χ1) is 8.00. The third-order valence-electron chi connectivity index (χ3n) is 2.76. The Labute approximate surface area is 113 Å². The molecule has 0 saturated heterocycles. The highest BCUT2D eigenvalue weighted by Crippen LogP contribution is 2.28. The fraction of sp³-hybridized carbons (Fsp3) is 0.615. The molecule has 0 unspecified atom stereocenters. The Balaban J connectivity index is 2.90. The molecule has 0 aliphatic heterocycles. The minimum absolute atomic E-state index is 0.123. The van der Waals surface area contributed by atoms with Gasteiger partial charge in [-0.05, 0) is 40.4 Å². The lowest BCUT2D eigenvalue weighted by Gasteiger charge is -2.33. The van der Waals surface area contributed by atoms with Gasteiger partial charge >= 0.3 is 0 Å². The summed E-state index contributed by atoms with van der Waals surface area (Å²) in [7, 11) is 0. The van der Waals surface area contributed by atoms with Crippen molar-refractivity contribution in [2.75, 3.05) is 24.5 Å². The second-order valence-electron chi connectivity index (χ2n) is 5.12. The summed E-state index contributed by atoms with van der Waals surface area (Å²) in [5, 5.41) is 0. The van der Waals surface area contributed by atoms with E-state index in [1.54, 1.807) is 0 Å². The van der Waals surface area contributed by atoms with Crippen molar-refractivity contribution in [3.8, 4) is 0 Å². The van der Waals surface area contributed by atoms with Crippen LogP contribution in [0.15, 0.2) is 22.9 Å². The molecular weight excluding hydrogens is 278 g/mol. The molecule has 0 amide bonds. The summed E-state index contributed by atoms with van der Waals surface area (Å²) in [6.45, 7) is 9.27. The number of rotatable bonds is 6. The van der Waals surface area contributed by atoms with Crippen LogP contribution in [0.4, 0.5) is 5.69 Å². The first kappa shape index (κ1) is 14.5. The van der Waals surface area contributed by atoms with E-state index in [4.69, 9.17) is 5.73 Å². The minimum Gasteiger partial charge on any atom is -0.370 e. The maximum Gasteiger partial charge on any atom is 0.0592 e. The van der Waals surface area contributed by atoms with Gasteiger partial charge in [0.15, 0.2) is 0 Å². The summed E-state index contributed by atoms with van der Waals surface area (Å²) in [6.07, 6.45) is 4.79. The number of nitrogens with zero attached hydrogens (tertiary/aromatic N) is 2. The number of hydrogen-bond acceptors (Lipinski definition) is 3. The summed E-state index contributed by atoms with van der Waals surface area (Å²) in [4.78, 5) is 6.48. The van der Waals surface area contributed by atoms with Gasteiger partial charge in [-0.2, -0.15) is 0 Å². The lowest BCUT2D eigenvalue weighted by molar-refractivity contribution is 0.377. The van der Waals surface area contributed by atoms with Gasteiger partial charge in [0.1, 0.15) is 0 Å². The molecule has 0 radical (unpaired) electrons. The van der Waals surface area contributed by atoms with E-state index in [9.17, 15) is 0 Å². The van der Waals surface area contributed by atoms with Gasteiger partial charge < -0.3 is 10.6 Å². The van der Waals surface area contributed by atoms with Crippen LogP contribution in [0.25, 0.3) is 0 Å². The Morgan fingerprint density at radius 3 is 2.71 bits per heavy atom. The van der Waals surface area contributed by atoms with Crippen LogP contribution in [0.5, 0.6) is 0 Å². The van der Waals surface area contributed by atoms with Gasteiger partial charge in [0.05, 0.1) is 10.2 Å². The van der Waals surface area contributed by atoms with E-state index in [2.05, 4.69) is 46.6 Å². The Bertz CT molecular complexity index is 352. The molecule has 0 saturated carbocycles. The molecule has 4 heteroatoms. The smallest absolute Gasteiger partial charge is 0.0592 e. The molecule has 1 aromatic rings. The van der Waals surface area contributed by atoms with Crippen molar-refractivity contribution < 1.29 is 0 Å². The maximum absolute atomic E-state index is 5.82. The molecule has 0 aliphatic carbocycles. The van der Waals surface area contributed by atoms with Crippen LogP contribution in [-0.4, -0.2) is 24.6 Å². The number of aromatic nitrogens is 1. The Kier molecular flexibility index (Phi) is 5.40. The van der Waals surface area contributed by atoms with Crippen LogP contribution in [0, 0.1) is 5.41 Å². The summed E-state index contributed by atoms with van der Waals surface area (Å²) < 4.78 is 1.04. The molecule has 3 nitrogen and oxygen atoms in total. The highest BCUT2D eigenvalue weighted by atomic mass is 79.9. The van der Waals surface area contributed by atoms with E-state index in [1.165, 1.54) is 5.69 Å². The molecule has 0 atom stereocenters. The van der Waals surface area contributed by atoms with Gasteiger partial charge in [0.25, 0.3) is 0 Å². The highest BCUT2D eigenvalue weighted by molar-refractivity contribution is 9.10. The van der Waals surface area contributed by atoms with Crippen molar-refractivity contribution in [1.82, 2.24) is 4.98 Å². The lowest BCUT2D eigenvalue weighted by atomic mass is 9.93. The zero-order valence-electron chi connectivity index (χ0n) is 10.9. The van der Waals surface area contributed by atoms with E-state index < -0.39 is 0 Å². The molecule has 1 aromatic heterocycles. The SMILES string of the molecule is CCCN(CC(C)(C)CN)c1ccncc1Br. The van der Waals surface area contributed by atoms with E-state index in [0.717, 1.165) is 24.0 Å². The number of halogens is 1. The Morgan fingerprint density at radius 2 is 2.18 bits per heavy atom. The molecule has 0 aliphatic rings. The lowest BCUT2D eigenvalue weighted by Crippen LogP contribution is -2.39. The standard InChI is InChI=1S/C13H22BrN3/c1-4-7-17(10-13(2,3)9-15)12-5-6-16-8-11(12)14/h5-6,8H,4,7,9-10,15H2,1-3H3. The number of hydrogen-bond donors (Lipinski definition) is 1. The van der Waals surface area contributed by atoms with Crippen LogP contribution in [0.3, 0.4) is 0 Å². The fourth-order valence-corrected chi connectivity index (χ4v) is 2.26. The molecule has 96 valence electrons. The molecule has 1 heterocycles. The second-order valence-corrected chi connectivity index (χ2v) is 5.97. The third kappa shape index (κ3) is 4.28. The van der Waals surface area contributed by atoms with Crippen LogP contribution < -0.4 is 10.6 Å². The van der Waals surface area contributed by atoms with Crippen molar-refractivity contribution in [2.45, 2.75) is 27.2 Å². The second kappa shape index (κ2) is 6.36.